The van der Waals surface area contributed by atoms with Crippen molar-refractivity contribution >= 4 is 21.9 Å². The van der Waals surface area contributed by atoms with E-state index in [1.54, 1.807) is 32.6 Å². The number of carbonyl (C=O) groups excluding carboxylic acids is 2. The predicted octanol–water partition coefficient (Wildman–Crippen LogP) is 0.991. The Labute approximate surface area is 139 Å². The van der Waals surface area contributed by atoms with Crippen LogP contribution in [0, 0.1) is 0 Å². The smallest absolute Gasteiger partial charge is 0.325 e. The Kier molecular flexibility index (Phi) is 6.59. The molecule has 1 amide bonds. The van der Waals surface area contributed by atoms with Crippen molar-refractivity contribution in [2.45, 2.75) is 58.3 Å². The van der Waals surface area contributed by atoms with Crippen LogP contribution in [0.2, 0.25) is 0 Å². The summed E-state index contributed by atoms with van der Waals surface area (Å²) in [5, 5.41) is -1.25. The van der Waals surface area contributed by atoms with E-state index in [-0.39, 0.29) is 12.5 Å². The average Bonchev–Trinajstić information content (AvgIpc) is 2.70. The third kappa shape index (κ3) is 5.46. The summed E-state index contributed by atoms with van der Waals surface area (Å²) in [7, 11) is -3.79. The zero-order chi connectivity index (χ0) is 17.8. The van der Waals surface area contributed by atoms with E-state index in [9.17, 15) is 18.0 Å². The first-order valence-electron chi connectivity index (χ1n) is 7.98. The molecular weight excluding hydrogens is 320 g/mol. The lowest BCUT2D eigenvalue weighted by molar-refractivity contribution is -0.154. The minimum absolute atomic E-state index is 0.0180. The standard InChI is InChI=1S/C15H28N2O5S/c1-6-13(18)16-8-7-9-17(11-10-16)23(20,21)12(2)14(19)22-15(3,4)5/h12H,6-11H2,1-5H3. The van der Waals surface area contributed by atoms with Gasteiger partial charge in [-0.2, -0.15) is 4.31 Å². The van der Waals surface area contributed by atoms with E-state index in [1.807, 2.05) is 0 Å². The molecule has 0 bridgehead atoms. The van der Waals surface area contributed by atoms with Crippen molar-refractivity contribution in [3.05, 3.63) is 0 Å². The molecule has 1 heterocycles. The van der Waals surface area contributed by atoms with Crippen molar-refractivity contribution in [1.29, 1.82) is 0 Å². The molecule has 0 aromatic carbocycles. The molecule has 8 heteroatoms. The predicted molar refractivity (Wildman–Crippen MR) is 87.3 cm³/mol. The molecule has 1 fully saturated rings. The van der Waals surface area contributed by atoms with Gasteiger partial charge in [0, 0.05) is 32.6 Å². The minimum atomic E-state index is -3.79. The zero-order valence-corrected chi connectivity index (χ0v) is 15.5. The highest BCUT2D eigenvalue weighted by atomic mass is 32.2. The third-order valence-corrected chi connectivity index (χ3v) is 5.83. The fourth-order valence-corrected chi connectivity index (χ4v) is 3.81. The highest BCUT2D eigenvalue weighted by Crippen LogP contribution is 2.17. The molecule has 1 aliphatic rings. The molecule has 7 nitrogen and oxygen atoms in total. The number of hydrogen-bond donors (Lipinski definition) is 0. The van der Waals surface area contributed by atoms with Crippen LogP contribution in [0.15, 0.2) is 0 Å². The van der Waals surface area contributed by atoms with Gasteiger partial charge in [-0.1, -0.05) is 6.92 Å². The van der Waals surface area contributed by atoms with Crippen LogP contribution >= 0.6 is 0 Å². The van der Waals surface area contributed by atoms with Gasteiger partial charge in [-0.05, 0) is 34.1 Å². The molecule has 1 atom stereocenters. The molecule has 0 spiro atoms. The van der Waals surface area contributed by atoms with Gasteiger partial charge >= 0.3 is 5.97 Å². The van der Waals surface area contributed by atoms with Gasteiger partial charge in [0.25, 0.3) is 0 Å². The maximum atomic E-state index is 12.6. The fraction of sp³-hybridized carbons (Fsp3) is 0.867. The molecule has 134 valence electrons. The molecule has 1 rings (SSSR count). The van der Waals surface area contributed by atoms with Gasteiger partial charge in [0.1, 0.15) is 5.60 Å². The largest absolute Gasteiger partial charge is 0.459 e. The Balaban J connectivity index is 2.80. The summed E-state index contributed by atoms with van der Waals surface area (Å²) in [6, 6.07) is 0. The molecule has 0 aliphatic carbocycles. The first-order chi connectivity index (χ1) is 10.5. The van der Waals surface area contributed by atoms with E-state index in [2.05, 4.69) is 0 Å². The summed E-state index contributed by atoms with van der Waals surface area (Å²) in [5.74, 6) is -0.729. The first-order valence-corrected chi connectivity index (χ1v) is 9.49. The van der Waals surface area contributed by atoms with E-state index in [4.69, 9.17) is 4.74 Å². The highest BCUT2D eigenvalue weighted by Gasteiger charge is 2.37. The summed E-state index contributed by atoms with van der Waals surface area (Å²) >= 11 is 0. The third-order valence-electron chi connectivity index (χ3n) is 3.66. The molecule has 0 N–H and O–H groups in total. The van der Waals surface area contributed by atoms with Crippen LogP contribution in [0.25, 0.3) is 0 Å². The van der Waals surface area contributed by atoms with Crippen LogP contribution in [0.5, 0.6) is 0 Å². The second-order valence-corrected chi connectivity index (χ2v) is 8.96. The Morgan fingerprint density at radius 2 is 1.74 bits per heavy atom. The molecule has 1 saturated heterocycles. The number of esters is 1. The molecule has 1 unspecified atom stereocenters. The maximum Gasteiger partial charge on any atom is 0.325 e. The number of hydrogen-bond acceptors (Lipinski definition) is 5. The number of amides is 1. The van der Waals surface area contributed by atoms with Crippen molar-refractivity contribution in [3.8, 4) is 0 Å². The summed E-state index contributed by atoms with van der Waals surface area (Å²) in [6.07, 6.45) is 0.965. The van der Waals surface area contributed by atoms with Crippen molar-refractivity contribution in [3.63, 3.8) is 0 Å². The first kappa shape index (κ1) is 19.9. The Morgan fingerprint density at radius 1 is 1.13 bits per heavy atom. The van der Waals surface area contributed by atoms with Crippen LogP contribution in [0.3, 0.4) is 0 Å². The van der Waals surface area contributed by atoms with Gasteiger partial charge in [-0.15, -0.1) is 0 Å². The van der Waals surface area contributed by atoms with Gasteiger partial charge in [0.2, 0.25) is 15.9 Å². The Bertz CT molecular complexity index is 539. The van der Waals surface area contributed by atoms with E-state index >= 15 is 0 Å². The van der Waals surface area contributed by atoms with Crippen LogP contribution in [-0.2, 0) is 24.3 Å². The monoisotopic (exact) mass is 348 g/mol. The average molecular weight is 348 g/mol. The summed E-state index contributed by atoms with van der Waals surface area (Å²) < 4.78 is 31.7. The second-order valence-electron chi connectivity index (χ2n) is 6.71. The quantitative estimate of drug-likeness (QED) is 0.708. The molecule has 0 aromatic rings. The van der Waals surface area contributed by atoms with Crippen molar-refractivity contribution in [2.24, 2.45) is 0 Å². The van der Waals surface area contributed by atoms with Crippen LogP contribution < -0.4 is 0 Å². The SMILES string of the molecule is CCC(=O)N1CCCN(S(=O)(=O)C(C)C(=O)OC(C)(C)C)CC1. The van der Waals surface area contributed by atoms with Gasteiger partial charge in [-0.3, -0.25) is 9.59 Å². The number of nitrogens with zero attached hydrogens (tertiary/aromatic N) is 2. The van der Waals surface area contributed by atoms with E-state index in [0.717, 1.165) is 0 Å². The molecular formula is C15H28N2O5S. The number of sulfonamides is 1. The second kappa shape index (κ2) is 7.61. The molecule has 0 saturated carbocycles. The van der Waals surface area contributed by atoms with Gasteiger partial charge in [-0.25, -0.2) is 8.42 Å². The zero-order valence-electron chi connectivity index (χ0n) is 14.7. The van der Waals surface area contributed by atoms with Gasteiger partial charge in [0.15, 0.2) is 5.25 Å². The number of rotatable bonds is 4. The van der Waals surface area contributed by atoms with Crippen LogP contribution in [0.1, 0.15) is 47.5 Å². The van der Waals surface area contributed by atoms with E-state index < -0.39 is 26.8 Å². The molecule has 1 aliphatic heterocycles. The van der Waals surface area contributed by atoms with Gasteiger partial charge in [0.05, 0.1) is 0 Å². The fourth-order valence-electron chi connectivity index (χ4n) is 2.35. The minimum Gasteiger partial charge on any atom is -0.459 e. The van der Waals surface area contributed by atoms with Crippen molar-refractivity contribution in [2.75, 3.05) is 26.2 Å². The highest BCUT2D eigenvalue weighted by molar-refractivity contribution is 7.90. The Hall–Kier alpha value is -1.15. The lowest BCUT2D eigenvalue weighted by Gasteiger charge is -2.26. The normalized spacial score (nSPS) is 19.1. The lowest BCUT2D eigenvalue weighted by atomic mass is 10.2. The molecule has 0 radical (unpaired) electrons. The number of carbonyl (C=O) groups is 2. The summed E-state index contributed by atoms with van der Waals surface area (Å²) in [5.41, 5.74) is -0.732. The van der Waals surface area contributed by atoms with Crippen LogP contribution in [-0.4, -0.2) is 66.5 Å². The summed E-state index contributed by atoms with van der Waals surface area (Å²) in [6.45, 7) is 9.64. The number of ether oxygens (including phenoxy) is 1. The van der Waals surface area contributed by atoms with Crippen molar-refractivity contribution < 1.29 is 22.7 Å². The van der Waals surface area contributed by atoms with Crippen LogP contribution in [0.4, 0.5) is 0 Å². The molecule has 0 aromatic heterocycles. The maximum absolute atomic E-state index is 12.6. The Morgan fingerprint density at radius 3 is 2.26 bits per heavy atom. The van der Waals surface area contributed by atoms with E-state index in [1.165, 1.54) is 11.2 Å². The lowest BCUT2D eigenvalue weighted by Crippen LogP contribution is -2.45. The topological polar surface area (TPSA) is 84.0 Å². The van der Waals surface area contributed by atoms with Gasteiger partial charge < -0.3 is 9.64 Å². The molecule has 23 heavy (non-hydrogen) atoms. The van der Waals surface area contributed by atoms with E-state index in [0.29, 0.717) is 32.5 Å². The summed E-state index contributed by atoms with van der Waals surface area (Å²) in [4.78, 5) is 25.5. The van der Waals surface area contributed by atoms with Crippen molar-refractivity contribution in [1.82, 2.24) is 9.21 Å².